The quantitative estimate of drug-likeness (QED) is 0.884. The summed E-state index contributed by atoms with van der Waals surface area (Å²) in [7, 11) is 0. The Labute approximate surface area is 111 Å². The van der Waals surface area contributed by atoms with Gasteiger partial charge in [-0.3, -0.25) is 0 Å². The Morgan fingerprint density at radius 3 is 2.47 bits per heavy atom. The van der Waals surface area contributed by atoms with Crippen molar-refractivity contribution in [3.05, 3.63) is 59.7 Å². The first-order chi connectivity index (χ1) is 9.20. The standard InChI is InChI=1S/C15H15F2NO/c1-2-18-10-11-4-3-5-14(17)15(11)19-13-8-6-12(16)7-9-13/h3-9,18H,2,10H2,1H3. The van der Waals surface area contributed by atoms with Gasteiger partial charge in [0.1, 0.15) is 11.6 Å². The van der Waals surface area contributed by atoms with Crippen LogP contribution in [0.4, 0.5) is 8.78 Å². The second kappa shape index (κ2) is 6.29. The lowest BCUT2D eigenvalue weighted by Gasteiger charge is -2.12. The van der Waals surface area contributed by atoms with Crippen LogP contribution in [0.3, 0.4) is 0 Å². The average Bonchev–Trinajstić information content (AvgIpc) is 2.42. The number of rotatable bonds is 5. The van der Waals surface area contributed by atoms with Crippen LogP contribution in [0.1, 0.15) is 12.5 Å². The number of ether oxygens (including phenoxy) is 1. The van der Waals surface area contributed by atoms with Gasteiger partial charge in [0.25, 0.3) is 0 Å². The molecule has 0 saturated carbocycles. The Balaban J connectivity index is 2.25. The SMILES string of the molecule is CCNCc1cccc(F)c1Oc1ccc(F)cc1. The van der Waals surface area contributed by atoms with Gasteiger partial charge in [0.05, 0.1) is 0 Å². The highest BCUT2D eigenvalue weighted by molar-refractivity contribution is 5.39. The van der Waals surface area contributed by atoms with Gasteiger partial charge in [0, 0.05) is 12.1 Å². The molecule has 0 aromatic heterocycles. The zero-order valence-corrected chi connectivity index (χ0v) is 10.6. The maximum absolute atomic E-state index is 13.8. The summed E-state index contributed by atoms with van der Waals surface area (Å²) >= 11 is 0. The van der Waals surface area contributed by atoms with Crippen LogP contribution in [-0.4, -0.2) is 6.54 Å². The molecule has 0 fully saturated rings. The van der Waals surface area contributed by atoms with E-state index in [1.807, 2.05) is 6.92 Å². The van der Waals surface area contributed by atoms with Crippen LogP contribution in [0.25, 0.3) is 0 Å². The van der Waals surface area contributed by atoms with Crippen LogP contribution in [-0.2, 0) is 6.54 Å². The minimum absolute atomic E-state index is 0.176. The van der Waals surface area contributed by atoms with Crippen molar-refractivity contribution in [2.75, 3.05) is 6.54 Å². The summed E-state index contributed by atoms with van der Waals surface area (Å²) in [5, 5.41) is 3.12. The third-order valence-electron chi connectivity index (χ3n) is 2.65. The average molecular weight is 263 g/mol. The zero-order valence-electron chi connectivity index (χ0n) is 10.6. The summed E-state index contributed by atoms with van der Waals surface area (Å²) in [5.74, 6) is -0.201. The summed E-state index contributed by atoms with van der Waals surface area (Å²) in [5.41, 5.74) is 0.728. The van der Waals surface area contributed by atoms with Gasteiger partial charge in [-0.2, -0.15) is 0 Å². The molecule has 0 heterocycles. The number of halogens is 2. The lowest BCUT2D eigenvalue weighted by Crippen LogP contribution is -2.12. The first-order valence-electron chi connectivity index (χ1n) is 6.12. The van der Waals surface area contributed by atoms with E-state index in [2.05, 4.69) is 5.32 Å². The van der Waals surface area contributed by atoms with Crippen LogP contribution in [0.5, 0.6) is 11.5 Å². The number of hydrogen-bond donors (Lipinski definition) is 1. The predicted octanol–water partition coefficient (Wildman–Crippen LogP) is 3.87. The molecule has 4 heteroatoms. The molecule has 0 unspecified atom stereocenters. The van der Waals surface area contributed by atoms with Crippen molar-refractivity contribution in [3.8, 4) is 11.5 Å². The molecule has 0 atom stereocenters. The van der Waals surface area contributed by atoms with E-state index in [0.29, 0.717) is 12.3 Å². The van der Waals surface area contributed by atoms with Crippen molar-refractivity contribution >= 4 is 0 Å². The van der Waals surface area contributed by atoms with Crippen LogP contribution in [0.15, 0.2) is 42.5 Å². The Hall–Kier alpha value is -1.94. The molecule has 0 saturated heterocycles. The minimum Gasteiger partial charge on any atom is -0.454 e. The molecule has 100 valence electrons. The van der Waals surface area contributed by atoms with Gasteiger partial charge in [0.2, 0.25) is 0 Å². The lowest BCUT2D eigenvalue weighted by atomic mass is 10.2. The van der Waals surface area contributed by atoms with E-state index in [0.717, 1.165) is 12.1 Å². The lowest BCUT2D eigenvalue weighted by molar-refractivity contribution is 0.433. The van der Waals surface area contributed by atoms with Gasteiger partial charge in [-0.05, 0) is 36.9 Å². The monoisotopic (exact) mass is 263 g/mol. The van der Waals surface area contributed by atoms with E-state index in [9.17, 15) is 8.78 Å². The molecule has 0 spiro atoms. The number of benzene rings is 2. The second-order valence-electron chi connectivity index (χ2n) is 4.06. The fraction of sp³-hybridized carbons (Fsp3) is 0.200. The van der Waals surface area contributed by atoms with Gasteiger partial charge in [-0.15, -0.1) is 0 Å². The first-order valence-corrected chi connectivity index (χ1v) is 6.12. The first kappa shape index (κ1) is 13.5. The molecule has 0 aliphatic carbocycles. The summed E-state index contributed by atoms with van der Waals surface area (Å²) in [6.45, 7) is 3.27. The third-order valence-corrected chi connectivity index (χ3v) is 2.65. The van der Waals surface area contributed by atoms with Crippen LogP contribution >= 0.6 is 0 Å². The van der Waals surface area contributed by atoms with Crippen LogP contribution in [0.2, 0.25) is 0 Å². The highest BCUT2D eigenvalue weighted by Crippen LogP contribution is 2.28. The van der Waals surface area contributed by atoms with Crippen molar-refractivity contribution in [2.45, 2.75) is 13.5 Å². The van der Waals surface area contributed by atoms with Gasteiger partial charge < -0.3 is 10.1 Å². The van der Waals surface area contributed by atoms with E-state index in [1.165, 1.54) is 30.3 Å². The molecule has 2 rings (SSSR count). The van der Waals surface area contributed by atoms with Crippen molar-refractivity contribution in [1.82, 2.24) is 5.32 Å². The molecule has 19 heavy (non-hydrogen) atoms. The summed E-state index contributed by atoms with van der Waals surface area (Å²) < 4.78 is 32.1. The maximum Gasteiger partial charge on any atom is 0.167 e. The molecule has 0 amide bonds. The normalized spacial score (nSPS) is 10.5. The maximum atomic E-state index is 13.8. The number of para-hydroxylation sites is 1. The Morgan fingerprint density at radius 2 is 1.79 bits per heavy atom. The second-order valence-corrected chi connectivity index (χ2v) is 4.06. The summed E-state index contributed by atoms with van der Waals surface area (Å²) in [4.78, 5) is 0. The predicted molar refractivity (Wildman–Crippen MR) is 70.3 cm³/mol. The summed E-state index contributed by atoms with van der Waals surface area (Å²) in [6.07, 6.45) is 0. The minimum atomic E-state index is -0.431. The largest absolute Gasteiger partial charge is 0.454 e. The molecular weight excluding hydrogens is 248 g/mol. The molecule has 0 radical (unpaired) electrons. The number of hydrogen-bond acceptors (Lipinski definition) is 2. The highest BCUT2D eigenvalue weighted by Gasteiger charge is 2.10. The molecule has 2 aromatic carbocycles. The van der Waals surface area contributed by atoms with E-state index in [-0.39, 0.29) is 11.6 Å². The Bertz CT molecular complexity index is 540. The van der Waals surface area contributed by atoms with E-state index >= 15 is 0 Å². The zero-order chi connectivity index (χ0) is 13.7. The van der Waals surface area contributed by atoms with Gasteiger partial charge in [-0.1, -0.05) is 19.1 Å². The molecule has 2 nitrogen and oxygen atoms in total. The fourth-order valence-corrected chi connectivity index (χ4v) is 1.69. The molecule has 0 bridgehead atoms. The number of nitrogens with one attached hydrogen (secondary N) is 1. The van der Waals surface area contributed by atoms with Crippen molar-refractivity contribution in [1.29, 1.82) is 0 Å². The van der Waals surface area contributed by atoms with Gasteiger partial charge in [0.15, 0.2) is 11.6 Å². The van der Waals surface area contributed by atoms with Crippen molar-refractivity contribution in [3.63, 3.8) is 0 Å². The van der Waals surface area contributed by atoms with Gasteiger partial charge >= 0.3 is 0 Å². The molecule has 0 aliphatic heterocycles. The van der Waals surface area contributed by atoms with Gasteiger partial charge in [-0.25, -0.2) is 8.78 Å². The topological polar surface area (TPSA) is 21.3 Å². The smallest absolute Gasteiger partial charge is 0.167 e. The Morgan fingerprint density at radius 1 is 1.05 bits per heavy atom. The third kappa shape index (κ3) is 3.51. The molecular formula is C15H15F2NO. The van der Waals surface area contributed by atoms with E-state index in [1.54, 1.807) is 12.1 Å². The molecule has 2 aromatic rings. The van der Waals surface area contributed by atoms with Crippen LogP contribution in [0, 0.1) is 11.6 Å². The molecule has 0 aliphatic rings. The van der Waals surface area contributed by atoms with Crippen molar-refractivity contribution in [2.24, 2.45) is 0 Å². The fourth-order valence-electron chi connectivity index (χ4n) is 1.69. The summed E-state index contributed by atoms with van der Waals surface area (Å²) in [6, 6.07) is 10.3. The Kier molecular flexibility index (Phi) is 4.47. The van der Waals surface area contributed by atoms with E-state index < -0.39 is 5.82 Å². The highest BCUT2D eigenvalue weighted by atomic mass is 19.1. The van der Waals surface area contributed by atoms with Crippen molar-refractivity contribution < 1.29 is 13.5 Å². The van der Waals surface area contributed by atoms with E-state index in [4.69, 9.17) is 4.74 Å². The molecule has 1 N–H and O–H groups in total. The van der Waals surface area contributed by atoms with Crippen LogP contribution < -0.4 is 10.1 Å².